The van der Waals surface area contributed by atoms with Crippen molar-refractivity contribution >= 4 is 24.0 Å². The Bertz CT molecular complexity index is 774. The van der Waals surface area contributed by atoms with Crippen LogP contribution < -0.4 is 21.3 Å². The number of allylic oxidation sites excluding steroid dienone is 2. The zero-order valence-electron chi connectivity index (χ0n) is 24.7. The van der Waals surface area contributed by atoms with Crippen molar-refractivity contribution in [2.75, 3.05) is 13.1 Å². The molecule has 2 unspecified atom stereocenters. The van der Waals surface area contributed by atoms with E-state index in [4.69, 9.17) is 9.47 Å². The van der Waals surface area contributed by atoms with Crippen LogP contribution in [0.5, 0.6) is 0 Å². The zero-order valence-corrected chi connectivity index (χ0v) is 24.7. The van der Waals surface area contributed by atoms with Crippen molar-refractivity contribution in [2.45, 2.75) is 123 Å². The lowest BCUT2D eigenvalue weighted by molar-refractivity contribution is -0.118. The van der Waals surface area contributed by atoms with Gasteiger partial charge in [0, 0.05) is 13.1 Å². The Morgan fingerprint density at radius 3 is 1.38 bits per heavy atom. The number of rotatable bonds is 16. The minimum Gasteiger partial charge on any atom is -0.444 e. The second-order valence-corrected chi connectivity index (χ2v) is 11.8. The SMILES string of the molecule is CC(C)(C)OC(=O)NCCCCCC=CC(=O)NC1CC1NC(=O)C=CCCCCCNC(=O)OC(C)(C)C. The van der Waals surface area contributed by atoms with Gasteiger partial charge in [-0.25, -0.2) is 9.59 Å². The normalized spacial score (nSPS) is 17.1. The summed E-state index contributed by atoms with van der Waals surface area (Å²) in [5.74, 6) is -0.305. The molecule has 0 aromatic heterocycles. The van der Waals surface area contributed by atoms with Crippen LogP contribution in [0.4, 0.5) is 9.59 Å². The molecule has 0 aliphatic heterocycles. The van der Waals surface area contributed by atoms with Crippen molar-refractivity contribution in [3.8, 4) is 0 Å². The third kappa shape index (κ3) is 20.6. The number of unbranched alkanes of at least 4 members (excludes halogenated alkanes) is 6. The van der Waals surface area contributed by atoms with Crippen molar-refractivity contribution < 1.29 is 28.7 Å². The van der Waals surface area contributed by atoms with Crippen molar-refractivity contribution in [3.63, 3.8) is 0 Å². The molecule has 0 radical (unpaired) electrons. The van der Waals surface area contributed by atoms with Crippen LogP contribution >= 0.6 is 0 Å². The minimum atomic E-state index is -0.495. The number of hydrogen-bond donors (Lipinski definition) is 4. The quantitative estimate of drug-likeness (QED) is 0.163. The molecule has 1 rings (SSSR count). The van der Waals surface area contributed by atoms with Crippen LogP contribution in [-0.2, 0) is 19.1 Å². The fourth-order valence-corrected chi connectivity index (χ4v) is 3.49. The summed E-state index contributed by atoms with van der Waals surface area (Å²) in [6, 6.07) is -0.0631. The Hall–Kier alpha value is -3.04. The maximum absolute atomic E-state index is 12.1. The Kier molecular flexibility index (Phi) is 15.3. The summed E-state index contributed by atoms with van der Waals surface area (Å²) >= 11 is 0. The molecule has 0 aromatic rings. The molecule has 1 saturated carbocycles. The van der Waals surface area contributed by atoms with Crippen LogP contribution in [0.25, 0.3) is 0 Å². The number of alkyl carbamates (subject to hydrolysis) is 2. The number of ether oxygens (including phenoxy) is 2. The molecule has 4 amide bonds. The van der Waals surface area contributed by atoms with Gasteiger partial charge in [0.25, 0.3) is 0 Å². The zero-order chi connectivity index (χ0) is 29.3. The van der Waals surface area contributed by atoms with Gasteiger partial charge in [0.1, 0.15) is 11.2 Å². The first kappa shape index (κ1) is 34.0. The van der Waals surface area contributed by atoms with Gasteiger partial charge in [-0.1, -0.05) is 25.0 Å². The Labute approximate surface area is 234 Å². The molecule has 39 heavy (non-hydrogen) atoms. The maximum Gasteiger partial charge on any atom is 0.407 e. The number of carbonyl (C=O) groups is 4. The summed E-state index contributed by atoms with van der Waals surface area (Å²) in [5, 5.41) is 11.3. The Morgan fingerprint density at radius 1 is 0.641 bits per heavy atom. The molecule has 1 aliphatic carbocycles. The molecule has 0 heterocycles. The molecule has 0 bridgehead atoms. The summed E-state index contributed by atoms with van der Waals surface area (Å²) in [7, 11) is 0. The van der Waals surface area contributed by atoms with Crippen LogP contribution in [0.3, 0.4) is 0 Å². The van der Waals surface area contributed by atoms with Gasteiger partial charge in [0.15, 0.2) is 0 Å². The minimum absolute atomic E-state index is 0.0316. The summed E-state index contributed by atoms with van der Waals surface area (Å²) in [5.41, 5.74) is -0.990. The lowest BCUT2D eigenvalue weighted by Gasteiger charge is -2.19. The van der Waals surface area contributed by atoms with Gasteiger partial charge < -0.3 is 30.7 Å². The molecule has 2 atom stereocenters. The van der Waals surface area contributed by atoms with Gasteiger partial charge >= 0.3 is 12.2 Å². The summed E-state index contributed by atoms with van der Waals surface area (Å²) in [6.07, 6.45) is 13.7. The van der Waals surface area contributed by atoms with Crippen LogP contribution in [0.15, 0.2) is 24.3 Å². The average molecular weight is 551 g/mol. The van der Waals surface area contributed by atoms with Gasteiger partial charge in [-0.15, -0.1) is 0 Å². The van der Waals surface area contributed by atoms with E-state index in [1.807, 2.05) is 53.7 Å². The van der Waals surface area contributed by atoms with E-state index < -0.39 is 23.4 Å². The lowest BCUT2D eigenvalue weighted by atomic mass is 10.2. The standard InChI is InChI=1S/C29H50N4O6/c1-28(2,3)38-26(36)30-19-15-11-7-9-13-17-24(34)32-22-21-23(22)33-25(35)18-14-10-8-12-16-20-31-27(37)39-29(4,5)6/h13-14,17-18,22-23H,7-12,15-16,19-21H2,1-6H3,(H,30,36)(H,31,37)(H,32,34)(H,33,35). The van der Waals surface area contributed by atoms with E-state index in [0.717, 1.165) is 57.8 Å². The molecular formula is C29H50N4O6. The van der Waals surface area contributed by atoms with E-state index in [2.05, 4.69) is 21.3 Å². The van der Waals surface area contributed by atoms with E-state index in [-0.39, 0.29) is 23.9 Å². The highest BCUT2D eigenvalue weighted by Crippen LogP contribution is 2.21. The van der Waals surface area contributed by atoms with Gasteiger partial charge in [0.2, 0.25) is 11.8 Å². The predicted molar refractivity (Wildman–Crippen MR) is 152 cm³/mol. The largest absolute Gasteiger partial charge is 0.444 e. The molecule has 0 aromatic carbocycles. The van der Waals surface area contributed by atoms with E-state index in [9.17, 15) is 19.2 Å². The van der Waals surface area contributed by atoms with E-state index in [1.54, 1.807) is 12.2 Å². The topological polar surface area (TPSA) is 135 Å². The number of carbonyl (C=O) groups excluding carboxylic acids is 4. The predicted octanol–water partition coefficient (Wildman–Crippen LogP) is 4.64. The monoisotopic (exact) mass is 550 g/mol. The van der Waals surface area contributed by atoms with E-state index in [0.29, 0.717) is 13.1 Å². The van der Waals surface area contributed by atoms with Gasteiger partial charge in [-0.3, -0.25) is 9.59 Å². The van der Waals surface area contributed by atoms with Gasteiger partial charge in [-0.2, -0.15) is 0 Å². The summed E-state index contributed by atoms with van der Waals surface area (Å²) in [4.78, 5) is 47.2. The van der Waals surface area contributed by atoms with E-state index in [1.165, 1.54) is 0 Å². The summed E-state index contributed by atoms with van der Waals surface area (Å²) < 4.78 is 10.4. The highest BCUT2D eigenvalue weighted by atomic mass is 16.6. The highest BCUT2D eigenvalue weighted by molar-refractivity contribution is 5.89. The molecule has 1 fully saturated rings. The van der Waals surface area contributed by atoms with Crippen LogP contribution in [0.2, 0.25) is 0 Å². The highest BCUT2D eigenvalue weighted by Gasteiger charge is 2.38. The maximum atomic E-state index is 12.1. The van der Waals surface area contributed by atoms with Crippen LogP contribution in [-0.4, -0.2) is 60.4 Å². The number of nitrogens with one attached hydrogen (secondary N) is 4. The van der Waals surface area contributed by atoms with Crippen molar-refractivity contribution in [1.29, 1.82) is 0 Å². The first-order chi connectivity index (χ1) is 18.2. The first-order valence-corrected chi connectivity index (χ1v) is 14.1. The van der Waals surface area contributed by atoms with E-state index >= 15 is 0 Å². The smallest absolute Gasteiger partial charge is 0.407 e. The van der Waals surface area contributed by atoms with Gasteiger partial charge in [0.05, 0.1) is 12.1 Å². The molecule has 0 saturated heterocycles. The molecular weight excluding hydrogens is 500 g/mol. The molecule has 222 valence electrons. The van der Waals surface area contributed by atoms with Crippen LogP contribution in [0.1, 0.15) is 99.3 Å². The molecule has 0 spiro atoms. The third-order valence-corrected chi connectivity index (χ3v) is 5.42. The molecule has 10 heteroatoms. The Morgan fingerprint density at radius 2 is 1.03 bits per heavy atom. The second kappa shape index (κ2) is 17.5. The van der Waals surface area contributed by atoms with Crippen molar-refractivity contribution in [3.05, 3.63) is 24.3 Å². The molecule has 10 nitrogen and oxygen atoms in total. The summed E-state index contributed by atoms with van der Waals surface area (Å²) in [6.45, 7) is 12.1. The lowest BCUT2D eigenvalue weighted by Crippen LogP contribution is -2.33. The first-order valence-electron chi connectivity index (χ1n) is 14.1. The fourth-order valence-electron chi connectivity index (χ4n) is 3.49. The number of amides is 4. The van der Waals surface area contributed by atoms with Crippen LogP contribution in [0, 0.1) is 0 Å². The average Bonchev–Trinajstić information content (AvgIpc) is 3.51. The van der Waals surface area contributed by atoms with Gasteiger partial charge in [-0.05, 0) is 98.6 Å². The van der Waals surface area contributed by atoms with Crippen molar-refractivity contribution in [1.82, 2.24) is 21.3 Å². The molecule has 4 N–H and O–H groups in total. The molecule has 1 aliphatic rings. The number of hydrogen-bond acceptors (Lipinski definition) is 6. The second-order valence-electron chi connectivity index (χ2n) is 11.8. The Balaban J connectivity index is 2.01. The van der Waals surface area contributed by atoms with Crippen molar-refractivity contribution in [2.24, 2.45) is 0 Å². The fraction of sp³-hybridized carbons (Fsp3) is 0.724. The third-order valence-electron chi connectivity index (χ3n) is 5.42.